The lowest BCUT2D eigenvalue weighted by Crippen LogP contribution is -2.29. The van der Waals surface area contributed by atoms with Gasteiger partial charge in [-0.3, -0.25) is 4.79 Å². The van der Waals surface area contributed by atoms with Gasteiger partial charge in [0.15, 0.2) is 11.4 Å². The van der Waals surface area contributed by atoms with Gasteiger partial charge in [0.1, 0.15) is 0 Å². The van der Waals surface area contributed by atoms with Gasteiger partial charge in [-0.2, -0.15) is 0 Å². The van der Waals surface area contributed by atoms with Crippen molar-refractivity contribution >= 4 is 11.6 Å². The molecule has 21 heavy (non-hydrogen) atoms. The first kappa shape index (κ1) is 15.3. The predicted molar refractivity (Wildman–Crippen MR) is 81.5 cm³/mol. The van der Waals surface area contributed by atoms with Crippen molar-refractivity contribution < 1.29 is 9.53 Å². The van der Waals surface area contributed by atoms with Crippen LogP contribution in [0.25, 0.3) is 5.65 Å². The molecule has 114 valence electrons. The molecular formula is C15H22N4O2. The number of nitrogens with zero attached hydrogens (tertiary/aromatic N) is 2. The quantitative estimate of drug-likeness (QED) is 0.805. The van der Waals surface area contributed by atoms with E-state index in [1.165, 1.54) is 0 Å². The van der Waals surface area contributed by atoms with Crippen LogP contribution in [0.2, 0.25) is 0 Å². The largest absolute Gasteiger partial charge is 0.489 e. The minimum Gasteiger partial charge on any atom is -0.489 e. The first-order chi connectivity index (χ1) is 10.1. The zero-order valence-corrected chi connectivity index (χ0v) is 12.5. The third-order valence-electron chi connectivity index (χ3n) is 3.11. The van der Waals surface area contributed by atoms with Gasteiger partial charge in [-0.05, 0) is 18.1 Å². The van der Waals surface area contributed by atoms with Crippen molar-refractivity contribution in [2.24, 2.45) is 5.73 Å². The Morgan fingerprint density at radius 2 is 2.33 bits per heavy atom. The number of hydrogen-bond acceptors (Lipinski definition) is 4. The van der Waals surface area contributed by atoms with Gasteiger partial charge in [-0.1, -0.05) is 13.8 Å². The topological polar surface area (TPSA) is 81.7 Å². The number of amides is 1. The number of carbonyl (C=O) groups is 1. The summed E-state index contributed by atoms with van der Waals surface area (Å²) in [5, 5.41) is 2.71. The van der Waals surface area contributed by atoms with Gasteiger partial charge < -0.3 is 20.2 Å². The lowest BCUT2D eigenvalue weighted by Gasteiger charge is -2.07. The fraction of sp³-hybridized carbons (Fsp3) is 0.467. The van der Waals surface area contributed by atoms with Crippen molar-refractivity contribution in [3.63, 3.8) is 0 Å². The molecule has 3 N–H and O–H groups in total. The molecule has 0 atom stereocenters. The number of hydrogen-bond donors (Lipinski definition) is 2. The molecule has 0 spiro atoms. The van der Waals surface area contributed by atoms with Gasteiger partial charge in [0, 0.05) is 25.5 Å². The third-order valence-corrected chi connectivity index (χ3v) is 3.11. The number of nitrogens with two attached hydrogens (primary N) is 1. The van der Waals surface area contributed by atoms with E-state index in [9.17, 15) is 4.79 Å². The van der Waals surface area contributed by atoms with E-state index in [1.54, 1.807) is 0 Å². The summed E-state index contributed by atoms with van der Waals surface area (Å²) in [6.07, 6.45) is 4.24. The molecule has 0 radical (unpaired) electrons. The molecule has 2 rings (SSSR count). The molecule has 0 bridgehead atoms. The molecule has 1 amide bonds. The highest BCUT2D eigenvalue weighted by atomic mass is 16.5. The van der Waals surface area contributed by atoms with E-state index < -0.39 is 0 Å². The first-order valence-electron chi connectivity index (χ1n) is 7.19. The average Bonchev–Trinajstić information content (AvgIpc) is 2.90. The van der Waals surface area contributed by atoms with Crippen LogP contribution in [0.5, 0.6) is 5.75 Å². The number of carbonyl (C=O) groups excluding carboxylic acids is 1. The summed E-state index contributed by atoms with van der Waals surface area (Å²) in [5.74, 6) is 0.995. The maximum atomic E-state index is 11.5. The molecule has 0 aliphatic heterocycles. The van der Waals surface area contributed by atoms with E-state index in [-0.39, 0.29) is 5.91 Å². The van der Waals surface area contributed by atoms with Crippen LogP contribution >= 0.6 is 0 Å². The van der Waals surface area contributed by atoms with E-state index in [2.05, 4.69) is 24.1 Å². The minimum atomic E-state index is -0.0568. The van der Waals surface area contributed by atoms with Crippen LogP contribution in [0.4, 0.5) is 0 Å². The van der Waals surface area contributed by atoms with Crippen molar-refractivity contribution in [1.82, 2.24) is 14.7 Å². The average molecular weight is 290 g/mol. The van der Waals surface area contributed by atoms with Crippen molar-refractivity contribution in [3.8, 4) is 5.75 Å². The Morgan fingerprint density at radius 3 is 3.05 bits per heavy atom. The smallest absolute Gasteiger partial charge is 0.223 e. The highest BCUT2D eigenvalue weighted by Gasteiger charge is 2.10. The Balaban J connectivity index is 2.00. The number of pyridine rings is 1. The van der Waals surface area contributed by atoms with E-state index in [0.29, 0.717) is 37.8 Å². The SMILES string of the molecule is CC(C)c1cn2cccc(OCCC(=O)NCCN)c2n1. The molecule has 0 saturated heterocycles. The van der Waals surface area contributed by atoms with Crippen molar-refractivity contribution in [1.29, 1.82) is 0 Å². The second-order valence-corrected chi connectivity index (χ2v) is 5.16. The molecule has 0 fully saturated rings. The third kappa shape index (κ3) is 3.95. The van der Waals surface area contributed by atoms with E-state index in [4.69, 9.17) is 10.5 Å². The zero-order valence-electron chi connectivity index (χ0n) is 12.5. The number of aromatic nitrogens is 2. The van der Waals surface area contributed by atoms with Gasteiger partial charge >= 0.3 is 0 Å². The normalized spacial score (nSPS) is 11.0. The first-order valence-corrected chi connectivity index (χ1v) is 7.19. The van der Waals surface area contributed by atoms with E-state index in [0.717, 1.165) is 11.3 Å². The maximum Gasteiger partial charge on any atom is 0.223 e. The van der Waals surface area contributed by atoms with Gasteiger partial charge in [-0.25, -0.2) is 4.98 Å². The molecule has 6 heteroatoms. The molecule has 0 unspecified atom stereocenters. The van der Waals surface area contributed by atoms with E-state index in [1.807, 2.05) is 28.9 Å². The molecule has 0 aliphatic rings. The van der Waals surface area contributed by atoms with Crippen LogP contribution < -0.4 is 15.8 Å². The Kier molecular flexibility index (Phi) is 5.16. The van der Waals surface area contributed by atoms with Gasteiger partial charge in [0.2, 0.25) is 5.91 Å². The van der Waals surface area contributed by atoms with Crippen molar-refractivity contribution in [2.45, 2.75) is 26.2 Å². The summed E-state index contributed by atoms with van der Waals surface area (Å²) in [7, 11) is 0. The lowest BCUT2D eigenvalue weighted by molar-refractivity contribution is -0.121. The molecular weight excluding hydrogens is 268 g/mol. The summed E-state index contributed by atoms with van der Waals surface area (Å²) in [5.41, 5.74) is 7.13. The van der Waals surface area contributed by atoms with Crippen LogP contribution in [0.15, 0.2) is 24.5 Å². The van der Waals surface area contributed by atoms with Crippen molar-refractivity contribution in [2.75, 3.05) is 19.7 Å². The monoisotopic (exact) mass is 290 g/mol. The standard InChI is InChI=1S/C15H22N4O2/c1-11(2)12-10-19-8-3-4-13(15(19)18-12)21-9-5-14(20)17-7-6-16/h3-4,8,10-11H,5-7,9,16H2,1-2H3,(H,17,20). The van der Waals surface area contributed by atoms with Crippen LogP contribution in [0.3, 0.4) is 0 Å². The lowest BCUT2D eigenvalue weighted by atomic mass is 10.2. The number of fused-ring (bicyclic) bond motifs is 1. The van der Waals surface area contributed by atoms with Crippen LogP contribution in [0.1, 0.15) is 31.9 Å². The molecule has 0 aromatic carbocycles. The zero-order chi connectivity index (χ0) is 15.2. The summed E-state index contributed by atoms with van der Waals surface area (Å²) in [6.45, 7) is 5.46. The molecule has 2 heterocycles. The second-order valence-electron chi connectivity index (χ2n) is 5.16. The molecule has 0 saturated carbocycles. The van der Waals surface area contributed by atoms with Gasteiger partial charge in [0.05, 0.1) is 18.7 Å². The van der Waals surface area contributed by atoms with E-state index >= 15 is 0 Å². The summed E-state index contributed by atoms with van der Waals surface area (Å²) in [6, 6.07) is 3.77. The van der Waals surface area contributed by atoms with Crippen LogP contribution in [-0.2, 0) is 4.79 Å². The van der Waals surface area contributed by atoms with Gasteiger partial charge in [-0.15, -0.1) is 0 Å². The maximum absolute atomic E-state index is 11.5. The number of nitrogens with one attached hydrogen (secondary N) is 1. The Labute approximate surface area is 124 Å². The highest BCUT2D eigenvalue weighted by Crippen LogP contribution is 2.22. The fourth-order valence-corrected chi connectivity index (χ4v) is 1.95. The number of rotatable bonds is 7. The molecule has 2 aromatic heterocycles. The Hall–Kier alpha value is -2.08. The Morgan fingerprint density at radius 1 is 1.52 bits per heavy atom. The number of imidazole rings is 1. The summed E-state index contributed by atoms with van der Waals surface area (Å²) in [4.78, 5) is 16.1. The highest BCUT2D eigenvalue weighted by molar-refractivity contribution is 5.76. The fourth-order valence-electron chi connectivity index (χ4n) is 1.95. The molecule has 2 aromatic rings. The van der Waals surface area contributed by atoms with Gasteiger partial charge in [0.25, 0.3) is 0 Å². The van der Waals surface area contributed by atoms with Crippen LogP contribution in [0, 0.1) is 0 Å². The number of ether oxygens (including phenoxy) is 1. The molecule has 0 aliphatic carbocycles. The summed E-state index contributed by atoms with van der Waals surface area (Å²) >= 11 is 0. The second kappa shape index (κ2) is 7.08. The van der Waals surface area contributed by atoms with Crippen molar-refractivity contribution in [3.05, 3.63) is 30.2 Å². The molecule has 6 nitrogen and oxygen atoms in total. The minimum absolute atomic E-state index is 0.0568. The Bertz CT molecular complexity index is 607. The predicted octanol–water partition coefficient (Wildman–Crippen LogP) is 1.30. The summed E-state index contributed by atoms with van der Waals surface area (Å²) < 4.78 is 7.63. The van der Waals surface area contributed by atoms with Crippen LogP contribution in [-0.4, -0.2) is 35.0 Å².